The van der Waals surface area contributed by atoms with Gasteiger partial charge in [0, 0.05) is 37.2 Å². The molecule has 126 valence electrons. The Morgan fingerprint density at radius 1 is 1.39 bits per heavy atom. The molecule has 23 heavy (non-hydrogen) atoms. The third-order valence-electron chi connectivity index (χ3n) is 5.29. The molecule has 7 heteroatoms. The molecule has 0 radical (unpaired) electrons. The van der Waals surface area contributed by atoms with Crippen molar-refractivity contribution in [1.29, 1.82) is 0 Å². The molecule has 1 aliphatic carbocycles. The van der Waals surface area contributed by atoms with Crippen molar-refractivity contribution in [3.63, 3.8) is 0 Å². The zero-order valence-corrected chi connectivity index (χ0v) is 12.8. The number of nitro groups is 1. The van der Waals surface area contributed by atoms with Crippen molar-refractivity contribution < 1.29 is 19.2 Å². The van der Waals surface area contributed by atoms with Crippen LogP contribution in [-0.4, -0.2) is 35.9 Å². The second-order valence-electron chi connectivity index (χ2n) is 6.52. The van der Waals surface area contributed by atoms with Crippen LogP contribution in [0.25, 0.3) is 0 Å². The molecule has 6 nitrogen and oxygen atoms in total. The maximum absolute atomic E-state index is 13.9. The van der Waals surface area contributed by atoms with E-state index in [1.54, 1.807) is 0 Å². The molecule has 1 aromatic rings. The number of aliphatic hydroxyl groups is 1. The van der Waals surface area contributed by atoms with Gasteiger partial charge in [-0.05, 0) is 31.7 Å². The molecule has 2 atom stereocenters. The molecule has 3 rings (SSSR count). The second kappa shape index (κ2) is 6.41. The lowest BCUT2D eigenvalue weighted by atomic mass is 9.76. The van der Waals surface area contributed by atoms with E-state index in [-0.39, 0.29) is 22.7 Å². The Bertz CT molecular complexity index is 589. The summed E-state index contributed by atoms with van der Waals surface area (Å²) in [5.41, 5.74) is -0.0932. The third kappa shape index (κ3) is 3.16. The van der Waals surface area contributed by atoms with Gasteiger partial charge in [-0.1, -0.05) is 0 Å². The maximum Gasteiger partial charge on any atom is 0.272 e. The quantitative estimate of drug-likeness (QED) is 0.657. The predicted octanol–water partition coefficient (Wildman–Crippen LogP) is 2.71. The van der Waals surface area contributed by atoms with Crippen molar-refractivity contribution in [1.82, 2.24) is 0 Å². The Morgan fingerprint density at radius 2 is 2.13 bits per heavy atom. The summed E-state index contributed by atoms with van der Waals surface area (Å²) in [7, 11) is 0. The molecule has 1 aromatic carbocycles. The van der Waals surface area contributed by atoms with Gasteiger partial charge in [-0.25, -0.2) is 4.39 Å². The Balaban J connectivity index is 1.62. The molecule has 0 amide bonds. The smallest absolute Gasteiger partial charge is 0.272 e. The normalized spacial score (nSPS) is 26.3. The second-order valence-corrected chi connectivity index (χ2v) is 6.52. The Morgan fingerprint density at radius 3 is 2.78 bits per heavy atom. The van der Waals surface area contributed by atoms with E-state index < -0.39 is 16.8 Å². The zero-order valence-electron chi connectivity index (χ0n) is 12.8. The zero-order chi connectivity index (χ0) is 16.4. The molecule has 2 fully saturated rings. The summed E-state index contributed by atoms with van der Waals surface area (Å²) in [6, 6.07) is 3.56. The lowest BCUT2D eigenvalue weighted by molar-refractivity contribution is -0.385. The van der Waals surface area contributed by atoms with Gasteiger partial charge in [0.1, 0.15) is 0 Å². The van der Waals surface area contributed by atoms with E-state index in [0.29, 0.717) is 19.8 Å². The summed E-state index contributed by atoms with van der Waals surface area (Å²) in [4.78, 5) is 10.00. The summed E-state index contributed by atoms with van der Waals surface area (Å²) in [5, 5.41) is 24.3. The van der Waals surface area contributed by atoms with Crippen LogP contribution in [0, 0.1) is 27.3 Å². The summed E-state index contributed by atoms with van der Waals surface area (Å²) in [5.74, 6) is -0.588. The van der Waals surface area contributed by atoms with Gasteiger partial charge in [-0.15, -0.1) is 0 Å². The summed E-state index contributed by atoms with van der Waals surface area (Å²) in [6.45, 7) is 1.83. The van der Waals surface area contributed by atoms with Crippen molar-refractivity contribution in [2.24, 2.45) is 11.3 Å². The number of nitrogens with one attached hydrogen (secondary N) is 1. The number of nitro benzene ring substituents is 1. The van der Waals surface area contributed by atoms with Gasteiger partial charge in [0.25, 0.3) is 5.69 Å². The predicted molar refractivity (Wildman–Crippen MR) is 82.8 cm³/mol. The molecule has 1 heterocycles. The average Bonchev–Trinajstić information content (AvgIpc) is 2.83. The Labute approximate surface area is 133 Å². The molecule has 0 bridgehead atoms. The summed E-state index contributed by atoms with van der Waals surface area (Å²) in [6.07, 6.45) is 3.18. The van der Waals surface area contributed by atoms with E-state index in [0.717, 1.165) is 31.7 Å². The molecular weight excluding hydrogens is 303 g/mol. The fraction of sp³-hybridized carbons (Fsp3) is 0.625. The van der Waals surface area contributed by atoms with Gasteiger partial charge in [-0.3, -0.25) is 10.1 Å². The van der Waals surface area contributed by atoms with Crippen LogP contribution in [0.3, 0.4) is 0 Å². The van der Waals surface area contributed by atoms with E-state index in [9.17, 15) is 19.6 Å². The highest BCUT2D eigenvalue weighted by Crippen LogP contribution is 2.48. The van der Waals surface area contributed by atoms with Crippen LogP contribution >= 0.6 is 0 Å². The van der Waals surface area contributed by atoms with Gasteiger partial charge in [0.05, 0.1) is 22.8 Å². The van der Waals surface area contributed by atoms with Crippen molar-refractivity contribution in [2.75, 3.05) is 25.1 Å². The fourth-order valence-electron chi connectivity index (χ4n) is 3.82. The number of non-ortho nitro benzene ring substituents is 1. The van der Waals surface area contributed by atoms with Crippen molar-refractivity contribution in [3.8, 4) is 0 Å². The molecule has 2 aliphatic rings. The van der Waals surface area contributed by atoms with E-state index in [1.807, 2.05) is 0 Å². The minimum absolute atomic E-state index is 0.0569. The standard InChI is InChI=1S/C16H21FN2O4/c17-13-9-12(19(21)22)1-2-14(13)18-10-11-3-4-16(15(11)20)5-7-23-8-6-16/h1-2,9,11,15,18,20H,3-8,10H2/t11-,15-/m0/s1. The lowest BCUT2D eigenvalue weighted by Gasteiger charge is -2.37. The van der Waals surface area contributed by atoms with Crippen molar-refractivity contribution >= 4 is 11.4 Å². The summed E-state index contributed by atoms with van der Waals surface area (Å²) < 4.78 is 19.3. The Hall–Kier alpha value is -1.73. The Kier molecular flexibility index (Phi) is 4.50. The third-order valence-corrected chi connectivity index (χ3v) is 5.29. The average molecular weight is 324 g/mol. The molecule has 0 aromatic heterocycles. The largest absolute Gasteiger partial charge is 0.392 e. The molecule has 2 N–H and O–H groups in total. The highest BCUT2D eigenvalue weighted by atomic mass is 19.1. The maximum atomic E-state index is 13.9. The first kappa shape index (κ1) is 16.1. The van der Waals surface area contributed by atoms with Gasteiger partial charge in [0.15, 0.2) is 5.82 Å². The van der Waals surface area contributed by atoms with Gasteiger partial charge in [0.2, 0.25) is 0 Å². The van der Waals surface area contributed by atoms with E-state index in [1.165, 1.54) is 12.1 Å². The van der Waals surface area contributed by atoms with E-state index in [2.05, 4.69) is 5.32 Å². The minimum atomic E-state index is -0.646. The van der Waals surface area contributed by atoms with Crippen LogP contribution in [0.5, 0.6) is 0 Å². The molecule has 1 saturated heterocycles. The van der Waals surface area contributed by atoms with Crippen LogP contribution in [0.1, 0.15) is 25.7 Å². The van der Waals surface area contributed by atoms with Crippen LogP contribution in [0.4, 0.5) is 15.8 Å². The number of nitrogens with zero attached hydrogens (tertiary/aromatic N) is 1. The highest BCUT2D eigenvalue weighted by Gasteiger charge is 2.47. The van der Waals surface area contributed by atoms with Gasteiger partial charge < -0.3 is 15.2 Å². The molecule has 0 unspecified atom stereocenters. The van der Waals surface area contributed by atoms with Crippen LogP contribution < -0.4 is 5.32 Å². The summed E-state index contributed by atoms with van der Waals surface area (Å²) >= 11 is 0. The first-order valence-corrected chi connectivity index (χ1v) is 7.95. The number of rotatable bonds is 4. The molecule has 1 saturated carbocycles. The van der Waals surface area contributed by atoms with E-state index >= 15 is 0 Å². The number of anilines is 1. The van der Waals surface area contributed by atoms with Crippen molar-refractivity contribution in [2.45, 2.75) is 31.8 Å². The SMILES string of the molecule is O=[N+]([O-])c1ccc(NC[C@@H]2CCC3(CCOCC3)[C@H]2O)c(F)c1. The number of halogens is 1. The van der Waals surface area contributed by atoms with Gasteiger partial charge in [-0.2, -0.15) is 0 Å². The van der Waals surface area contributed by atoms with Crippen LogP contribution in [-0.2, 0) is 4.74 Å². The topological polar surface area (TPSA) is 84.6 Å². The first-order valence-electron chi connectivity index (χ1n) is 7.95. The van der Waals surface area contributed by atoms with Crippen molar-refractivity contribution in [3.05, 3.63) is 34.1 Å². The molecular formula is C16H21FN2O4. The number of hydrogen-bond acceptors (Lipinski definition) is 5. The monoisotopic (exact) mass is 324 g/mol. The molecule has 1 spiro atoms. The van der Waals surface area contributed by atoms with Gasteiger partial charge >= 0.3 is 0 Å². The minimum Gasteiger partial charge on any atom is -0.392 e. The lowest BCUT2D eigenvalue weighted by Crippen LogP contribution is -2.40. The molecule has 1 aliphatic heterocycles. The van der Waals surface area contributed by atoms with Crippen LogP contribution in [0.15, 0.2) is 18.2 Å². The number of ether oxygens (including phenoxy) is 1. The number of hydrogen-bond donors (Lipinski definition) is 2. The number of benzene rings is 1. The number of aliphatic hydroxyl groups excluding tert-OH is 1. The first-order chi connectivity index (χ1) is 11.0. The van der Waals surface area contributed by atoms with E-state index in [4.69, 9.17) is 4.74 Å². The fourth-order valence-corrected chi connectivity index (χ4v) is 3.82. The van der Waals surface area contributed by atoms with Crippen LogP contribution in [0.2, 0.25) is 0 Å². The highest BCUT2D eigenvalue weighted by molar-refractivity contribution is 5.50.